The van der Waals surface area contributed by atoms with Crippen molar-refractivity contribution in [3.63, 3.8) is 0 Å². The summed E-state index contributed by atoms with van der Waals surface area (Å²) >= 11 is 1.34. The predicted octanol–water partition coefficient (Wildman–Crippen LogP) is 3.94. The molecule has 3 aromatic rings. The minimum Gasteiger partial charge on any atom is -0.486 e. The van der Waals surface area contributed by atoms with E-state index in [9.17, 15) is 13.2 Å². The molecule has 0 spiro atoms. The second-order valence-electron chi connectivity index (χ2n) is 8.23. The molecule has 5 rings (SSSR count). The number of nitrogens with zero attached hydrogens (tertiary/aromatic N) is 2. The average molecular weight is 500 g/mol. The highest BCUT2D eigenvalue weighted by molar-refractivity contribution is 7.89. The van der Waals surface area contributed by atoms with E-state index in [0.717, 1.165) is 36.1 Å². The molecule has 8 nitrogen and oxygen atoms in total. The van der Waals surface area contributed by atoms with Gasteiger partial charge in [0.1, 0.15) is 13.2 Å². The van der Waals surface area contributed by atoms with Gasteiger partial charge in [-0.15, -0.1) is 11.3 Å². The van der Waals surface area contributed by atoms with Gasteiger partial charge < -0.3 is 14.8 Å². The van der Waals surface area contributed by atoms with E-state index in [2.05, 4.69) is 10.3 Å². The van der Waals surface area contributed by atoms with Crippen molar-refractivity contribution < 1.29 is 22.7 Å². The summed E-state index contributed by atoms with van der Waals surface area (Å²) in [6, 6.07) is 12.2. The third-order valence-corrected chi connectivity index (χ3v) is 8.50. The molecule has 0 unspecified atom stereocenters. The molecule has 0 atom stereocenters. The van der Waals surface area contributed by atoms with Crippen LogP contribution >= 0.6 is 11.3 Å². The number of benzene rings is 2. The molecule has 1 aromatic heterocycles. The van der Waals surface area contributed by atoms with Gasteiger partial charge in [0.2, 0.25) is 15.9 Å². The molecule has 1 fully saturated rings. The Labute approximate surface area is 202 Å². The zero-order valence-corrected chi connectivity index (χ0v) is 20.2. The van der Waals surface area contributed by atoms with E-state index in [0.29, 0.717) is 42.9 Å². The number of hydrogen-bond donors (Lipinski definition) is 1. The van der Waals surface area contributed by atoms with E-state index in [4.69, 9.17) is 9.47 Å². The Balaban J connectivity index is 1.21. The lowest BCUT2D eigenvalue weighted by Crippen LogP contribution is -2.35. The number of sulfonamides is 1. The lowest BCUT2D eigenvalue weighted by molar-refractivity contribution is -0.115. The summed E-state index contributed by atoms with van der Waals surface area (Å²) in [5.74, 6) is 1.19. The molecule has 1 saturated heterocycles. The zero-order valence-electron chi connectivity index (χ0n) is 18.5. The predicted molar refractivity (Wildman–Crippen MR) is 130 cm³/mol. The van der Waals surface area contributed by atoms with E-state index in [-0.39, 0.29) is 17.2 Å². The second-order valence-corrected chi connectivity index (χ2v) is 11.0. The van der Waals surface area contributed by atoms with E-state index >= 15 is 0 Å². The summed E-state index contributed by atoms with van der Waals surface area (Å²) in [5, 5.41) is 5.20. The molecule has 2 aliphatic heterocycles. The number of fused-ring (bicyclic) bond motifs is 1. The van der Waals surface area contributed by atoms with Gasteiger partial charge in [0.25, 0.3) is 0 Å². The third-order valence-electron chi connectivity index (χ3n) is 5.83. The minimum absolute atomic E-state index is 0.128. The Kier molecular flexibility index (Phi) is 6.53. The molecule has 1 amide bonds. The van der Waals surface area contributed by atoms with Gasteiger partial charge >= 0.3 is 0 Å². The molecule has 178 valence electrons. The number of hydrogen-bond acceptors (Lipinski definition) is 7. The highest BCUT2D eigenvalue weighted by atomic mass is 32.2. The molecule has 2 aromatic carbocycles. The number of ether oxygens (including phenoxy) is 2. The van der Waals surface area contributed by atoms with Crippen LogP contribution in [0.15, 0.2) is 52.7 Å². The maximum absolute atomic E-state index is 12.8. The fourth-order valence-electron chi connectivity index (χ4n) is 4.05. The van der Waals surface area contributed by atoms with Crippen molar-refractivity contribution in [1.29, 1.82) is 0 Å². The molecule has 0 saturated carbocycles. The largest absolute Gasteiger partial charge is 0.486 e. The summed E-state index contributed by atoms with van der Waals surface area (Å²) in [4.78, 5) is 17.3. The van der Waals surface area contributed by atoms with Gasteiger partial charge in [-0.25, -0.2) is 13.4 Å². The van der Waals surface area contributed by atoms with Crippen LogP contribution in [0, 0.1) is 0 Å². The molecule has 34 heavy (non-hydrogen) atoms. The van der Waals surface area contributed by atoms with Gasteiger partial charge in [-0.1, -0.05) is 18.6 Å². The van der Waals surface area contributed by atoms with Crippen LogP contribution in [0.4, 0.5) is 5.13 Å². The smallest absolute Gasteiger partial charge is 0.243 e. The van der Waals surface area contributed by atoms with Gasteiger partial charge in [0.15, 0.2) is 16.6 Å². The number of aromatic nitrogens is 1. The van der Waals surface area contributed by atoms with Crippen LogP contribution in [-0.2, 0) is 21.2 Å². The summed E-state index contributed by atoms with van der Waals surface area (Å²) in [5.41, 5.74) is 2.36. The summed E-state index contributed by atoms with van der Waals surface area (Å²) in [6.45, 7) is 2.18. The van der Waals surface area contributed by atoms with Crippen LogP contribution in [0.2, 0.25) is 0 Å². The Morgan fingerprint density at radius 1 is 1.00 bits per heavy atom. The van der Waals surface area contributed by atoms with Crippen LogP contribution in [0.25, 0.3) is 11.3 Å². The van der Waals surface area contributed by atoms with Crippen molar-refractivity contribution in [2.75, 3.05) is 31.6 Å². The number of rotatable bonds is 6. The van der Waals surface area contributed by atoms with Crippen molar-refractivity contribution >= 4 is 32.4 Å². The maximum atomic E-state index is 12.8. The first-order valence-electron chi connectivity index (χ1n) is 11.2. The third kappa shape index (κ3) is 4.94. The summed E-state index contributed by atoms with van der Waals surface area (Å²) < 4.78 is 38.3. The Morgan fingerprint density at radius 3 is 2.50 bits per heavy atom. The number of piperidine rings is 1. The van der Waals surface area contributed by atoms with Crippen LogP contribution in [0.5, 0.6) is 11.5 Å². The quantitative estimate of drug-likeness (QED) is 0.552. The molecule has 0 radical (unpaired) electrons. The standard InChI is InChI=1S/C24H25N3O5S2/c28-23(14-17-4-7-19(8-5-17)34(29,30)27-10-2-1-3-11-27)26-24-25-20(16-33-24)18-6-9-21-22(15-18)32-13-12-31-21/h4-9,15-16H,1-3,10-14H2,(H,25,26,28). The molecular formula is C24H25N3O5S2. The van der Waals surface area contributed by atoms with Crippen molar-refractivity contribution in [2.45, 2.75) is 30.6 Å². The number of anilines is 1. The number of nitrogens with one attached hydrogen (secondary N) is 1. The van der Waals surface area contributed by atoms with Crippen molar-refractivity contribution in [3.8, 4) is 22.8 Å². The van der Waals surface area contributed by atoms with Crippen LogP contribution in [-0.4, -0.2) is 49.9 Å². The molecule has 2 aliphatic rings. The number of carbonyl (C=O) groups excluding carboxylic acids is 1. The second kappa shape index (κ2) is 9.73. The first-order chi connectivity index (χ1) is 16.5. The normalized spacial score (nSPS) is 16.2. The highest BCUT2D eigenvalue weighted by Gasteiger charge is 2.25. The SMILES string of the molecule is O=C(Cc1ccc(S(=O)(=O)N2CCCCC2)cc1)Nc1nc(-c2ccc3c(c2)OCCO3)cs1. The summed E-state index contributed by atoms with van der Waals surface area (Å²) in [6.07, 6.45) is 2.98. The molecule has 1 N–H and O–H groups in total. The lowest BCUT2D eigenvalue weighted by atomic mass is 10.1. The van der Waals surface area contributed by atoms with Crippen LogP contribution in [0.3, 0.4) is 0 Å². The van der Waals surface area contributed by atoms with Crippen LogP contribution < -0.4 is 14.8 Å². The highest BCUT2D eigenvalue weighted by Crippen LogP contribution is 2.35. The van der Waals surface area contributed by atoms with E-state index in [1.165, 1.54) is 11.3 Å². The van der Waals surface area contributed by atoms with Crippen molar-refractivity contribution in [3.05, 3.63) is 53.4 Å². The average Bonchev–Trinajstić information content (AvgIpc) is 3.33. The number of thiazole rings is 1. The summed E-state index contributed by atoms with van der Waals surface area (Å²) in [7, 11) is -3.48. The Morgan fingerprint density at radius 2 is 1.74 bits per heavy atom. The van der Waals surface area contributed by atoms with E-state index in [1.54, 1.807) is 28.6 Å². The van der Waals surface area contributed by atoms with Crippen LogP contribution in [0.1, 0.15) is 24.8 Å². The Hall–Kier alpha value is -2.95. The number of carbonyl (C=O) groups is 1. The monoisotopic (exact) mass is 499 g/mol. The first kappa shape index (κ1) is 22.8. The minimum atomic E-state index is -3.48. The maximum Gasteiger partial charge on any atom is 0.243 e. The lowest BCUT2D eigenvalue weighted by Gasteiger charge is -2.25. The molecule has 3 heterocycles. The van der Waals surface area contributed by atoms with Gasteiger partial charge in [-0.05, 0) is 48.7 Å². The molecule has 0 aliphatic carbocycles. The van der Waals surface area contributed by atoms with Crippen molar-refractivity contribution in [2.24, 2.45) is 0 Å². The topological polar surface area (TPSA) is 97.8 Å². The van der Waals surface area contributed by atoms with E-state index in [1.807, 2.05) is 23.6 Å². The van der Waals surface area contributed by atoms with Crippen molar-refractivity contribution in [1.82, 2.24) is 9.29 Å². The first-order valence-corrected chi connectivity index (χ1v) is 13.6. The Bertz CT molecular complexity index is 1280. The van der Waals surface area contributed by atoms with Gasteiger partial charge in [0, 0.05) is 24.0 Å². The number of amides is 1. The van der Waals surface area contributed by atoms with Gasteiger partial charge in [0.05, 0.1) is 17.0 Å². The van der Waals surface area contributed by atoms with E-state index < -0.39 is 10.0 Å². The fraction of sp³-hybridized carbons (Fsp3) is 0.333. The zero-order chi connectivity index (χ0) is 23.5. The van der Waals surface area contributed by atoms with Gasteiger partial charge in [-0.3, -0.25) is 4.79 Å². The van der Waals surface area contributed by atoms with Gasteiger partial charge in [-0.2, -0.15) is 4.31 Å². The fourth-order valence-corrected chi connectivity index (χ4v) is 6.30. The molecular weight excluding hydrogens is 474 g/mol. The molecule has 10 heteroatoms. The molecule has 0 bridgehead atoms.